The molecule has 4 rings (SSSR count). The Morgan fingerprint density at radius 2 is 1.64 bits per heavy atom. The van der Waals surface area contributed by atoms with Gasteiger partial charge in [0.2, 0.25) is 5.91 Å². The summed E-state index contributed by atoms with van der Waals surface area (Å²) >= 11 is 6.72. The lowest BCUT2D eigenvalue weighted by Gasteiger charge is -2.12. The van der Waals surface area contributed by atoms with Crippen LogP contribution >= 0.6 is 23.4 Å². The highest BCUT2D eigenvalue weighted by atomic mass is 35.5. The van der Waals surface area contributed by atoms with Crippen LogP contribution in [0.15, 0.2) is 82.6 Å². The maximum absolute atomic E-state index is 12.7. The Kier molecular flexibility index (Phi) is 7.48. The van der Waals surface area contributed by atoms with E-state index in [9.17, 15) is 22.8 Å². The van der Waals surface area contributed by atoms with E-state index in [4.69, 9.17) is 15.8 Å². The Morgan fingerprint density at radius 3 is 2.25 bits per heavy atom. The minimum atomic E-state index is -4.10. The van der Waals surface area contributed by atoms with Crippen molar-refractivity contribution in [1.29, 1.82) is 0 Å². The molecule has 3 amide bonds. The third kappa shape index (κ3) is 6.14. The van der Waals surface area contributed by atoms with Crippen molar-refractivity contribution in [3.8, 4) is 5.75 Å². The molecule has 36 heavy (non-hydrogen) atoms. The van der Waals surface area contributed by atoms with Crippen LogP contribution in [-0.4, -0.2) is 30.4 Å². The number of rotatable bonds is 7. The van der Waals surface area contributed by atoms with Crippen LogP contribution in [0.5, 0.6) is 5.75 Å². The van der Waals surface area contributed by atoms with E-state index in [0.717, 1.165) is 22.2 Å². The summed E-state index contributed by atoms with van der Waals surface area (Å²) in [5.41, 5.74) is 1.83. The fourth-order valence-electron chi connectivity index (χ4n) is 3.26. The van der Waals surface area contributed by atoms with Crippen molar-refractivity contribution in [2.45, 2.75) is 18.4 Å². The van der Waals surface area contributed by atoms with Gasteiger partial charge >= 0.3 is 10.1 Å². The van der Waals surface area contributed by atoms with Gasteiger partial charge in [0, 0.05) is 17.6 Å². The summed E-state index contributed by atoms with van der Waals surface area (Å²) < 4.78 is 30.3. The molecule has 1 N–H and O–H groups in total. The maximum Gasteiger partial charge on any atom is 0.339 e. The van der Waals surface area contributed by atoms with Crippen LogP contribution < -0.4 is 9.50 Å². The molecule has 0 aromatic heterocycles. The molecule has 1 fully saturated rings. The van der Waals surface area contributed by atoms with E-state index < -0.39 is 16.0 Å². The van der Waals surface area contributed by atoms with Gasteiger partial charge in [-0.05, 0) is 77.5 Å². The number of imide groups is 1. The number of thioether (sulfide) groups is 1. The zero-order chi connectivity index (χ0) is 25.9. The average molecular weight is 543 g/mol. The van der Waals surface area contributed by atoms with Crippen molar-refractivity contribution in [3.63, 3.8) is 0 Å². The molecule has 3 aromatic carbocycles. The Balaban J connectivity index is 1.43. The molecule has 0 saturated carbocycles. The van der Waals surface area contributed by atoms with Gasteiger partial charge in [-0.25, -0.2) is 0 Å². The molecule has 0 aliphatic carbocycles. The minimum Gasteiger partial charge on any atom is -0.379 e. The van der Waals surface area contributed by atoms with Crippen LogP contribution in [0.25, 0.3) is 6.08 Å². The molecule has 0 spiro atoms. The number of amides is 3. The smallest absolute Gasteiger partial charge is 0.339 e. The molecule has 1 aliphatic heterocycles. The topological polar surface area (TPSA) is 110 Å². The van der Waals surface area contributed by atoms with Crippen molar-refractivity contribution in [3.05, 3.63) is 93.9 Å². The SMILES string of the molecule is CC(=O)Nc1ccc(S(=O)(=O)Oc2ccc(/C=C3\SC(=O)N(Cc4ccc(Cl)cc4)C3=O)cc2)cc1. The molecular formula is C25H19ClN2O6S2. The van der Waals surface area contributed by atoms with E-state index >= 15 is 0 Å². The quantitative estimate of drug-likeness (QED) is 0.318. The summed E-state index contributed by atoms with van der Waals surface area (Å²) in [6.45, 7) is 1.49. The number of nitrogens with zero attached hydrogens (tertiary/aromatic N) is 1. The second kappa shape index (κ2) is 10.6. The molecule has 3 aromatic rings. The van der Waals surface area contributed by atoms with Crippen LogP contribution in [0.4, 0.5) is 10.5 Å². The van der Waals surface area contributed by atoms with Gasteiger partial charge in [0.1, 0.15) is 10.6 Å². The number of nitrogens with one attached hydrogen (secondary N) is 1. The summed E-state index contributed by atoms with van der Waals surface area (Å²) in [5, 5.41) is 2.74. The first-order chi connectivity index (χ1) is 17.1. The largest absolute Gasteiger partial charge is 0.379 e. The lowest BCUT2D eigenvalue weighted by Crippen LogP contribution is -2.27. The number of anilines is 1. The van der Waals surface area contributed by atoms with E-state index in [1.54, 1.807) is 42.5 Å². The number of carbonyl (C=O) groups is 3. The van der Waals surface area contributed by atoms with Crippen molar-refractivity contribution in [2.24, 2.45) is 0 Å². The summed E-state index contributed by atoms with van der Waals surface area (Å²) in [7, 11) is -4.10. The van der Waals surface area contributed by atoms with Gasteiger partial charge in [-0.15, -0.1) is 0 Å². The molecule has 8 nitrogen and oxygen atoms in total. The monoisotopic (exact) mass is 542 g/mol. The van der Waals surface area contributed by atoms with Crippen LogP contribution in [0.3, 0.4) is 0 Å². The van der Waals surface area contributed by atoms with Crippen molar-refractivity contribution in [1.82, 2.24) is 4.90 Å². The Labute approximate surface area is 217 Å². The zero-order valence-electron chi connectivity index (χ0n) is 18.8. The van der Waals surface area contributed by atoms with Gasteiger partial charge in [0.25, 0.3) is 11.1 Å². The van der Waals surface area contributed by atoms with Gasteiger partial charge in [-0.1, -0.05) is 35.9 Å². The highest BCUT2D eigenvalue weighted by molar-refractivity contribution is 8.18. The summed E-state index contributed by atoms with van der Waals surface area (Å²) in [6.07, 6.45) is 1.56. The third-order valence-corrected chi connectivity index (χ3v) is 7.40. The fourth-order valence-corrected chi connectivity index (χ4v) is 5.16. The van der Waals surface area contributed by atoms with E-state index in [-0.39, 0.29) is 33.2 Å². The summed E-state index contributed by atoms with van der Waals surface area (Å²) in [5.74, 6) is -0.604. The van der Waals surface area contributed by atoms with E-state index in [0.29, 0.717) is 16.3 Å². The van der Waals surface area contributed by atoms with Gasteiger partial charge < -0.3 is 9.50 Å². The fraction of sp³-hybridized carbons (Fsp3) is 0.0800. The molecule has 1 heterocycles. The standard InChI is InChI=1S/C25H19ClN2O6S2/c1-16(29)27-20-8-12-22(13-9-20)36(32,33)34-21-10-4-17(5-11-21)14-23-24(30)28(25(31)35-23)15-18-2-6-19(26)7-3-18/h2-14H,15H2,1H3,(H,27,29)/b23-14-. The molecule has 0 radical (unpaired) electrons. The Bertz CT molecular complexity index is 1450. The first-order valence-electron chi connectivity index (χ1n) is 10.5. The lowest BCUT2D eigenvalue weighted by molar-refractivity contribution is -0.123. The van der Waals surface area contributed by atoms with Crippen LogP contribution in [0, 0.1) is 0 Å². The molecule has 184 valence electrons. The molecule has 11 heteroatoms. The van der Waals surface area contributed by atoms with E-state index in [2.05, 4.69) is 5.32 Å². The molecule has 1 aliphatic rings. The van der Waals surface area contributed by atoms with Gasteiger partial charge in [0.05, 0.1) is 11.4 Å². The first kappa shape index (κ1) is 25.5. The lowest BCUT2D eigenvalue weighted by atomic mass is 10.2. The number of hydrogen-bond acceptors (Lipinski definition) is 7. The van der Waals surface area contributed by atoms with Crippen LogP contribution in [0.2, 0.25) is 5.02 Å². The Morgan fingerprint density at radius 1 is 1.00 bits per heavy atom. The van der Waals surface area contributed by atoms with E-state index in [1.807, 2.05) is 0 Å². The summed E-state index contributed by atoms with van der Waals surface area (Å²) in [6, 6.07) is 18.5. The number of benzene rings is 3. The van der Waals surface area contributed by atoms with Crippen molar-refractivity contribution >= 4 is 62.3 Å². The van der Waals surface area contributed by atoms with E-state index in [1.165, 1.54) is 43.3 Å². The average Bonchev–Trinajstić information content (AvgIpc) is 3.09. The molecule has 0 atom stereocenters. The third-order valence-electron chi connectivity index (χ3n) is 4.97. The first-order valence-corrected chi connectivity index (χ1v) is 13.1. The second-order valence-electron chi connectivity index (χ2n) is 7.71. The van der Waals surface area contributed by atoms with Crippen LogP contribution in [0.1, 0.15) is 18.1 Å². The Hall–Kier alpha value is -3.60. The predicted molar refractivity (Wildman–Crippen MR) is 138 cm³/mol. The summed E-state index contributed by atoms with van der Waals surface area (Å²) in [4.78, 5) is 37.6. The molecule has 1 saturated heterocycles. The number of hydrogen-bond donors (Lipinski definition) is 1. The highest BCUT2D eigenvalue weighted by Gasteiger charge is 2.35. The number of halogens is 1. The normalized spacial score (nSPS) is 14.8. The number of carbonyl (C=O) groups excluding carboxylic acids is 3. The van der Waals surface area contributed by atoms with Gasteiger partial charge in [-0.2, -0.15) is 8.42 Å². The van der Waals surface area contributed by atoms with Gasteiger partial charge in [0.15, 0.2) is 0 Å². The molecule has 0 unspecified atom stereocenters. The molecule has 0 bridgehead atoms. The van der Waals surface area contributed by atoms with Gasteiger partial charge in [-0.3, -0.25) is 19.3 Å². The van der Waals surface area contributed by atoms with Crippen molar-refractivity contribution < 1.29 is 27.0 Å². The van der Waals surface area contributed by atoms with Crippen molar-refractivity contribution in [2.75, 3.05) is 5.32 Å². The second-order valence-corrected chi connectivity index (χ2v) is 10.7. The minimum absolute atomic E-state index is 0.0740. The maximum atomic E-state index is 12.7. The molecular weight excluding hydrogens is 524 g/mol. The van der Waals surface area contributed by atoms with Crippen LogP contribution in [-0.2, 0) is 26.3 Å². The highest BCUT2D eigenvalue weighted by Crippen LogP contribution is 2.33. The predicted octanol–water partition coefficient (Wildman–Crippen LogP) is 5.30. The zero-order valence-corrected chi connectivity index (χ0v) is 21.2.